The molecule has 1 aromatic rings. The van der Waals surface area contributed by atoms with Gasteiger partial charge in [-0.25, -0.2) is 0 Å². The van der Waals surface area contributed by atoms with E-state index in [-0.39, 0.29) is 36.7 Å². The molecule has 1 aromatic carbocycles. The number of hydrogen-bond acceptors (Lipinski definition) is 8. The van der Waals surface area contributed by atoms with Crippen LogP contribution in [0.1, 0.15) is 38.7 Å². The summed E-state index contributed by atoms with van der Waals surface area (Å²) in [6.45, 7) is 3.29. The Morgan fingerprint density at radius 3 is 2.45 bits per heavy atom. The molecule has 0 aliphatic carbocycles. The number of ketones is 1. The molecule has 3 amide bonds. The summed E-state index contributed by atoms with van der Waals surface area (Å²) in [6, 6.07) is 7.32. The van der Waals surface area contributed by atoms with E-state index in [4.69, 9.17) is 4.74 Å². The molecular weight excluding hydrogens is 526 g/mol. The summed E-state index contributed by atoms with van der Waals surface area (Å²) >= 11 is 0. The van der Waals surface area contributed by atoms with Crippen LogP contribution in [-0.2, 0) is 35.1 Å². The molecule has 2 aliphatic heterocycles. The molecule has 3 N–H and O–H groups in total. The number of ether oxygens (including phenoxy) is 1. The number of nitrogens with one attached hydrogen (secondary N) is 3. The highest BCUT2D eigenvalue weighted by Crippen LogP contribution is 2.25. The molecule has 2 bridgehead atoms. The van der Waals surface area contributed by atoms with E-state index in [1.165, 1.54) is 10.8 Å². The van der Waals surface area contributed by atoms with Gasteiger partial charge in [-0.05, 0) is 24.0 Å². The van der Waals surface area contributed by atoms with Crippen LogP contribution in [0.5, 0.6) is 0 Å². The van der Waals surface area contributed by atoms with Gasteiger partial charge in [0, 0.05) is 36.7 Å². The second-order valence-electron chi connectivity index (χ2n) is 9.68. The topological polar surface area (TPSA) is 131 Å². The monoisotopic (exact) mass is 561 g/mol. The van der Waals surface area contributed by atoms with E-state index < -0.39 is 54.3 Å². The largest absolute Gasteiger partial charge is 0.456 e. The molecule has 206 valence electrons. The van der Waals surface area contributed by atoms with Crippen LogP contribution in [0.4, 0.5) is 0 Å². The van der Waals surface area contributed by atoms with Crippen LogP contribution in [-0.4, -0.2) is 65.7 Å². The van der Waals surface area contributed by atoms with Gasteiger partial charge in [-0.3, -0.25) is 24.0 Å². The molecule has 0 saturated carbocycles. The van der Waals surface area contributed by atoms with E-state index in [0.29, 0.717) is 6.42 Å². The zero-order valence-corrected chi connectivity index (χ0v) is 23.3. The number of carbonyl (C=O) groups excluding carboxylic acids is 5. The van der Waals surface area contributed by atoms with E-state index in [2.05, 4.69) is 16.0 Å². The van der Waals surface area contributed by atoms with Crippen LogP contribution < -0.4 is 16.0 Å². The third-order valence-electron chi connectivity index (χ3n) is 6.29. The second kappa shape index (κ2) is 15.0. The summed E-state index contributed by atoms with van der Waals surface area (Å²) in [7, 11) is 3.00. The molecule has 2 aliphatic rings. The summed E-state index contributed by atoms with van der Waals surface area (Å²) in [5, 5.41) is 8.17. The zero-order valence-electron chi connectivity index (χ0n) is 21.6. The van der Waals surface area contributed by atoms with Crippen LogP contribution in [0.3, 0.4) is 0 Å². The maximum absolute atomic E-state index is 13.4. The van der Waals surface area contributed by atoms with Crippen molar-refractivity contribution in [1.82, 2.24) is 16.0 Å². The standard InChI is InChI=1S/C27H35N3O6S2/c1-17(2)21-14-19(31)13-20-10-6-7-11-37-38-16-23(30-25(21)33)27(35)29-22(12-18-8-4-3-5-9-18)26(34)28-15-24(32)36-20/h3-6,8-10,17,20-23H,7,11-16H2,1-2H3,(H,28,34)(H,29,35)(H,30,33)/b10-6+/t20?,21-,22?,23?/m1/s1. The average molecular weight is 562 g/mol. The normalized spacial score (nSPS) is 27.5. The highest BCUT2D eigenvalue weighted by Gasteiger charge is 2.32. The Morgan fingerprint density at radius 2 is 1.71 bits per heavy atom. The molecule has 2 heterocycles. The fraction of sp³-hybridized carbons (Fsp3) is 0.519. The van der Waals surface area contributed by atoms with Crippen molar-refractivity contribution in [2.75, 3.05) is 18.1 Å². The molecule has 1 saturated heterocycles. The highest BCUT2D eigenvalue weighted by molar-refractivity contribution is 8.76. The van der Waals surface area contributed by atoms with E-state index in [1.807, 2.05) is 50.3 Å². The van der Waals surface area contributed by atoms with Crippen molar-refractivity contribution in [2.45, 2.75) is 57.7 Å². The Hall–Kier alpha value is -2.79. The van der Waals surface area contributed by atoms with Crippen molar-refractivity contribution in [3.63, 3.8) is 0 Å². The number of carbonyl (C=O) groups is 5. The molecule has 4 atom stereocenters. The van der Waals surface area contributed by atoms with Gasteiger partial charge >= 0.3 is 5.97 Å². The minimum Gasteiger partial charge on any atom is -0.456 e. The third kappa shape index (κ3) is 9.50. The Kier molecular flexibility index (Phi) is 11.7. The van der Waals surface area contributed by atoms with E-state index in [1.54, 1.807) is 16.9 Å². The molecule has 1 fully saturated rings. The van der Waals surface area contributed by atoms with Gasteiger partial charge in [-0.2, -0.15) is 0 Å². The smallest absolute Gasteiger partial charge is 0.326 e. The van der Waals surface area contributed by atoms with Crippen molar-refractivity contribution in [1.29, 1.82) is 0 Å². The fourth-order valence-corrected chi connectivity index (χ4v) is 6.31. The lowest BCUT2D eigenvalue weighted by Gasteiger charge is -2.26. The number of benzene rings is 1. The van der Waals surface area contributed by atoms with Crippen LogP contribution in [0, 0.1) is 11.8 Å². The zero-order chi connectivity index (χ0) is 27.5. The Labute approximate surface area is 231 Å². The van der Waals surface area contributed by atoms with Gasteiger partial charge in [0.05, 0.1) is 0 Å². The summed E-state index contributed by atoms with van der Waals surface area (Å²) in [4.78, 5) is 65.4. The SMILES string of the molecule is CC(C)[C@H]1CC(=O)CC2/C=C/CCSSCC(NC1=O)C(=O)NC(Cc1ccccc1)C(=O)NCC(=O)O2. The molecule has 38 heavy (non-hydrogen) atoms. The number of allylic oxidation sites excluding steroid dienone is 1. The number of Topliss-reactive ketones (excluding diaryl/α,β-unsaturated/α-hetero) is 1. The van der Waals surface area contributed by atoms with Gasteiger partial charge in [-0.1, -0.05) is 71.8 Å². The highest BCUT2D eigenvalue weighted by atomic mass is 33.1. The van der Waals surface area contributed by atoms with Crippen molar-refractivity contribution < 1.29 is 28.7 Å². The van der Waals surface area contributed by atoms with Gasteiger partial charge in [-0.15, -0.1) is 0 Å². The van der Waals surface area contributed by atoms with Crippen LogP contribution >= 0.6 is 21.6 Å². The Balaban J connectivity index is 1.96. The lowest BCUT2D eigenvalue weighted by molar-refractivity contribution is -0.148. The molecule has 0 radical (unpaired) electrons. The van der Waals surface area contributed by atoms with Crippen molar-refractivity contribution >= 4 is 51.1 Å². The van der Waals surface area contributed by atoms with Crippen LogP contribution in [0.15, 0.2) is 42.5 Å². The Morgan fingerprint density at radius 1 is 0.947 bits per heavy atom. The van der Waals surface area contributed by atoms with Gasteiger partial charge < -0.3 is 20.7 Å². The number of amides is 3. The summed E-state index contributed by atoms with van der Waals surface area (Å²) in [6.07, 6.45) is 3.52. The second-order valence-corrected chi connectivity index (χ2v) is 12.3. The number of esters is 1. The third-order valence-corrected chi connectivity index (χ3v) is 8.74. The molecule has 3 rings (SSSR count). The molecule has 9 nitrogen and oxygen atoms in total. The first-order valence-electron chi connectivity index (χ1n) is 12.8. The number of fused-ring (bicyclic) bond motifs is 7. The molecule has 0 aromatic heterocycles. The Bertz CT molecular complexity index is 1030. The van der Waals surface area contributed by atoms with E-state index in [0.717, 1.165) is 11.3 Å². The lowest BCUT2D eigenvalue weighted by Crippen LogP contribution is -2.56. The summed E-state index contributed by atoms with van der Waals surface area (Å²) in [5.74, 6) is -2.17. The molecule has 0 spiro atoms. The lowest BCUT2D eigenvalue weighted by atomic mass is 9.88. The quantitative estimate of drug-likeness (QED) is 0.291. The molecular formula is C27H35N3O6S2. The van der Waals surface area contributed by atoms with Crippen LogP contribution in [0.2, 0.25) is 0 Å². The first-order valence-corrected chi connectivity index (χ1v) is 15.3. The maximum Gasteiger partial charge on any atom is 0.326 e. The van der Waals surface area contributed by atoms with Gasteiger partial charge in [0.2, 0.25) is 17.7 Å². The predicted octanol–water partition coefficient (Wildman–Crippen LogP) is 2.20. The van der Waals surface area contributed by atoms with Crippen molar-refractivity contribution in [2.24, 2.45) is 11.8 Å². The first kappa shape index (κ1) is 29.8. The van der Waals surface area contributed by atoms with Gasteiger partial charge in [0.1, 0.15) is 30.5 Å². The summed E-state index contributed by atoms with van der Waals surface area (Å²) < 4.78 is 5.52. The number of rotatable bonds is 3. The van der Waals surface area contributed by atoms with Gasteiger partial charge in [0.15, 0.2) is 0 Å². The molecule has 3 unspecified atom stereocenters. The van der Waals surface area contributed by atoms with Crippen LogP contribution in [0.25, 0.3) is 0 Å². The minimum atomic E-state index is -0.975. The van der Waals surface area contributed by atoms with E-state index >= 15 is 0 Å². The van der Waals surface area contributed by atoms with Gasteiger partial charge in [0.25, 0.3) is 0 Å². The number of hydrogen-bond donors (Lipinski definition) is 3. The fourth-order valence-electron chi connectivity index (χ4n) is 4.16. The minimum absolute atomic E-state index is 0.0327. The first-order chi connectivity index (χ1) is 18.2. The maximum atomic E-state index is 13.4. The van der Waals surface area contributed by atoms with Crippen molar-refractivity contribution in [3.8, 4) is 0 Å². The average Bonchev–Trinajstić information content (AvgIpc) is 2.88. The predicted molar refractivity (Wildman–Crippen MR) is 148 cm³/mol. The van der Waals surface area contributed by atoms with E-state index in [9.17, 15) is 24.0 Å². The molecule has 11 heteroatoms. The van der Waals surface area contributed by atoms with Crippen molar-refractivity contribution in [3.05, 3.63) is 48.0 Å². The summed E-state index contributed by atoms with van der Waals surface area (Å²) in [5.41, 5.74) is 0.824.